The second kappa shape index (κ2) is 12.4. The summed E-state index contributed by atoms with van der Waals surface area (Å²) in [7, 11) is 2.47. The predicted molar refractivity (Wildman–Crippen MR) is 131 cm³/mol. The second-order valence-electron chi connectivity index (χ2n) is 7.80. The summed E-state index contributed by atoms with van der Waals surface area (Å²) >= 11 is 0. The Morgan fingerprint density at radius 1 is 1.08 bits per heavy atom. The van der Waals surface area contributed by atoms with Crippen molar-refractivity contribution in [3.8, 4) is 5.75 Å². The Balaban J connectivity index is 1.81. The smallest absolute Gasteiger partial charge is 0.319 e. The lowest BCUT2D eigenvalue weighted by molar-refractivity contribution is -0.385. The van der Waals surface area contributed by atoms with Gasteiger partial charge in [-0.15, -0.1) is 0 Å². The van der Waals surface area contributed by atoms with Gasteiger partial charge in [-0.1, -0.05) is 30.3 Å². The summed E-state index contributed by atoms with van der Waals surface area (Å²) in [6.07, 6.45) is 1.37. The Morgan fingerprint density at radius 2 is 1.75 bits per heavy atom. The monoisotopic (exact) mass is 497 g/mol. The number of methoxy groups -OCH3 is 2. The summed E-state index contributed by atoms with van der Waals surface area (Å²) in [4.78, 5) is 44.5. The molecule has 0 aliphatic rings. The number of hydrogen-bond acceptors (Lipinski definition) is 11. The summed E-state index contributed by atoms with van der Waals surface area (Å²) < 4.78 is 15.0. The molecule has 1 heterocycles. The molecule has 36 heavy (non-hydrogen) atoms. The summed E-state index contributed by atoms with van der Waals surface area (Å²) in [5.41, 5.74) is 1.22. The highest BCUT2D eigenvalue weighted by atomic mass is 16.6. The van der Waals surface area contributed by atoms with Gasteiger partial charge in [0.25, 0.3) is 0 Å². The standard InChI is InChI=1S/C24H27N5O7/c1-16(17-7-5-4-6-8-17)27-24-18-11-20(29(32)33)21(12-19(18)25-15-26-24)36-10-9-28(13-22(30)34-2)14-23(31)35-3/h4-8,11-12,15-16H,9-10,13-14H2,1-3H3,(H,25,26,27)/t16-/m1/s1. The maximum absolute atomic E-state index is 11.8. The largest absolute Gasteiger partial charge is 0.485 e. The Morgan fingerprint density at radius 3 is 2.36 bits per heavy atom. The van der Waals surface area contributed by atoms with Gasteiger partial charge in [0.2, 0.25) is 0 Å². The summed E-state index contributed by atoms with van der Waals surface area (Å²) in [5.74, 6) is -0.633. The van der Waals surface area contributed by atoms with Crippen LogP contribution >= 0.6 is 0 Å². The van der Waals surface area contributed by atoms with Gasteiger partial charge in [-0.2, -0.15) is 0 Å². The van der Waals surface area contributed by atoms with Crippen molar-refractivity contribution in [2.24, 2.45) is 0 Å². The van der Waals surface area contributed by atoms with Gasteiger partial charge in [-0.25, -0.2) is 9.97 Å². The number of nitrogens with one attached hydrogen (secondary N) is 1. The molecule has 0 amide bonds. The Bertz CT molecular complexity index is 1200. The minimum absolute atomic E-state index is 0.00402. The maximum Gasteiger partial charge on any atom is 0.319 e. The zero-order valence-corrected chi connectivity index (χ0v) is 20.2. The highest BCUT2D eigenvalue weighted by Gasteiger charge is 2.21. The molecule has 190 valence electrons. The van der Waals surface area contributed by atoms with Gasteiger partial charge in [0.1, 0.15) is 18.8 Å². The lowest BCUT2D eigenvalue weighted by Crippen LogP contribution is -2.38. The van der Waals surface area contributed by atoms with Crippen LogP contribution in [0.4, 0.5) is 11.5 Å². The van der Waals surface area contributed by atoms with Crippen LogP contribution in [0.2, 0.25) is 0 Å². The molecule has 0 bridgehead atoms. The van der Waals surface area contributed by atoms with E-state index in [0.717, 1.165) is 5.56 Å². The molecular formula is C24H27N5O7. The topological polar surface area (TPSA) is 146 Å². The van der Waals surface area contributed by atoms with E-state index in [4.69, 9.17) is 4.74 Å². The van der Waals surface area contributed by atoms with Crippen molar-refractivity contribution in [1.82, 2.24) is 14.9 Å². The molecular weight excluding hydrogens is 470 g/mol. The van der Waals surface area contributed by atoms with Crippen molar-refractivity contribution < 1.29 is 28.7 Å². The van der Waals surface area contributed by atoms with E-state index in [-0.39, 0.29) is 43.7 Å². The van der Waals surface area contributed by atoms with Gasteiger partial charge in [0, 0.05) is 30.1 Å². The summed E-state index contributed by atoms with van der Waals surface area (Å²) in [6, 6.07) is 12.5. The van der Waals surface area contributed by atoms with E-state index in [1.54, 1.807) is 0 Å². The van der Waals surface area contributed by atoms with Crippen molar-refractivity contribution in [1.29, 1.82) is 0 Å². The molecule has 3 rings (SSSR count). The Labute approximate surface area is 207 Å². The molecule has 0 spiro atoms. The van der Waals surface area contributed by atoms with Crippen LogP contribution in [0, 0.1) is 10.1 Å². The van der Waals surface area contributed by atoms with Crippen molar-refractivity contribution in [2.45, 2.75) is 13.0 Å². The molecule has 0 aliphatic heterocycles. The third-order valence-corrected chi connectivity index (χ3v) is 5.39. The Kier molecular flexibility index (Phi) is 9.06. The molecule has 0 saturated carbocycles. The number of nitro benzene ring substituents is 1. The number of carbonyl (C=O) groups is 2. The van der Waals surface area contributed by atoms with Crippen LogP contribution in [-0.2, 0) is 19.1 Å². The maximum atomic E-state index is 11.8. The van der Waals surface area contributed by atoms with Crippen LogP contribution in [0.5, 0.6) is 5.75 Å². The van der Waals surface area contributed by atoms with Crippen LogP contribution in [0.15, 0.2) is 48.8 Å². The van der Waals surface area contributed by atoms with E-state index >= 15 is 0 Å². The van der Waals surface area contributed by atoms with Crippen molar-refractivity contribution >= 4 is 34.3 Å². The average molecular weight is 498 g/mol. The number of nitro groups is 1. The normalized spacial score (nSPS) is 11.7. The molecule has 1 atom stereocenters. The summed E-state index contributed by atoms with van der Waals surface area (Å²) in [6.45, 7) is 1.70. The number of fused-ring (bicyclic) bond motifs is 1. The third kappa shape index (κ3) is 6.85. The van der Waals surface area contributed by atoms with E-state index in [1.807, 2.05) is 37.3 Å². The number of carbonyl (C=O) groups excluding carboxylic acids is 2. The van der Waals surface area contributed by atoms with Crippen LogP contribution in [-0.4, -0.2) is 72.2 Å². The highest BCUT2D eigenvalue weighted by Crippen LogP contribution is 2.34. The molecule has 0 fully saturated rings. The van der Waals surface area contributed by atoms with Crippen LogP contribution in [0.3, 0.4) is 0 Å². The lowest BCUT2D eigenvalue weighted by Gasteiger charge is -2.20. The van der Waals surface area contributed by atoms with Gasteiger partial charge in [-0.05, 0) is 12.5 Å². The van der Waals surface area contributed by atoms with Gasteiger partial charge in [0.05, 0.1) is 37.7 Å². The minimum Gasteiger partial charge on any atom is -0.485 e. The van der Waals surface area contributed by atoms with E-state index in [9.17, 15) is 19.7 Å². The number of anilines is 1. The molecule has 1 aromatic heterocycles. The van der Waals surface area contributed by atoms with Crippen molar-refractivity contribution in [2.75, 3.05) is 45.8 Å². The first kappa shape index (κ1) is 26.3. The zero-order chi connectivity index (χ0) is 26.1. The zero-order valence-electron chi connectivity index (χ0n) is 20.2. The predicted octanol–water partition coefficient (Wildman–Crippen LogP) is 2.74. The molecule has 3 aromatic rings. The fourth-order valence-corrected chi connectivity index (χ4v) is 3.47. The first-order valence-electron chi connectivity index (χ1n) is 11.1. The molecule has 0 saturated heterocycles. The van der Waals surface area contributed by atoms with Crippen LogP contribution < -0.4 is 10.1 Å². The average Bonchev–Trinajstić information content (AvgIpc) is 2.88. The molecule has 0 unspecified atom stereocenters. The number of esters is 2. The van der Waals surface area contributed by atoms with Gasteiger partial charge >= 0.3 is 17.6 Å². The number of aromatic nitrogens is 2. The SMILES string of the molecule is COC(=O)CN(CCOc1cc2ncnc(N[C@H](C)c3ccccc3)c2cc1[N+](=O)[O-])CC(=O)OC. The highest BCUT2D eigenvalue weighted by molar-refractivity contribution is 5.92. The second-order valence-corrected chi connectivity index (χ2v) is 7.80. The van der Waals surface area contributed by atoms with E-state index in [1.165, 1.54) is 37.6 Å². The molecule has 1 N–H and O–H groups in total. The number of benzene rings is 2. The van der Waals surface area contributed by atoms with Crippen molar-refractivity contribution in [3.63, 3.8) is 0 Å². The lowest BCUT2D eigenvalue weighted by atomic mass is 10.1. The fraction of sp³-hybridized carbons (Fsp3) is 0.333. The first-order chi connectivity index (χ1) is 17.3. The molecule has 12 nitrogen and oxygen atoms in total. The van der Waals surface area contributed by atoms with Crippen LogP contribution in [0.1, 0.15) is 18.5 Å². The van der Waals surface area contributed by atoms with E-state index < -0.39 is 16.9 Å². The van der Waals surface area contributed by atoms with Crippen molar-refractivity contribution in [3.05, 3.63) is 64.5 Å². The van der Waals surface area contributed by atoms with E-state index in [2.05, 4.69) is 24.8 Å². The quantitative estimate of drug-likeness (QED) is 0.224. The summed E-state index contributed by atoms with van der Waals surface area (Å²) in [5, 5.41) is 15.6. The third-order valence-electron chi connectivity index (χ3n) is 5.39. The molecule has 12 heteroatoms. The number of hydrogen-bond donors (Lipinski definition) is 1. The van der Waals surface area contributed by atoms with E-state index in [0.29, 0.717) is 16.7 Å². The van der Waals surface area contributed by atoms with Gasteiger partial charge < -0.3 is 19.5 Å². The van der Waals surface area contributed by atoms with Gasteiger partial charge in [0.15, 0.2) is 5.75 Å². The molecule has 2 aromatic carbocycles. The number of rotatable bonds is 12. The molecule has 0 aliphatic carbocycles. The fourth-order valence-electron chi connectivity index (χ4n) is 3.47. The Hall–Kier alpha value is -4.32. The molecule has 0 radical (unpaired) electrons. The number of nitrogens with zero attached hydrogens (tertiary/aromatic N) is 4. The first-order valence-corrected chi connectivity index (χ1v) is 11.1. The minimum atomic E-state index is -0.549. The van der Waals surface area contributed by atoms with Crippen LogP contribution in [0.25, 0.3) is 10.9 Å². The van der Waals surface area contributed by atoms with Gasteiger partial charge in [-0.3, -0.25) is 24.6 Å². The number of ether oxygens (including phenoxy) is 3.